The van der Waals surface area contributed by atoms with Crippen LogP contribution < -0.4 is 4.90 Å². The Kier molecular flexibility index (Phi) is 6.84. The summed E-state index contributed by atoms with van der Waals surface area (Å²) in [6.45, 7) is 0. The van der Waals surface area contributed by atoms with Gasteiger partial charge < -0.3 is 9.32 Å². The van der Waals surface area contributed by atoms with E-state index >= 15 is 0 Å². The monoisotopic (exact) mass is 613 g/mol. The van der Waals surface area contributed by atoms with Gasteiger partial charge in [-0.2, -0.15) is 0 Å². The highest BCUT2D eigenvalue weighted by molar-refractivity contribution is 6.13. The molecule has 0 N–H and O–H groups in total. The zero-order chi connectivity index (χ0) is 31.9. The first kappa shape index (κ1) is 27.9. The quantitative estimate of drug-likeness (QED) is 0.185. The van der Waals surface area contributed by atoms with E-state index in [9.17, 15) is 0 Å². The molecule has 0 spiro atoms. The van der Waals surface area contributed by atoms with Crippen molar-refractivity contribution in [1.82, 2.24) is 0 Å². The maximum atomic E-state index is 6.32. The largest absolute Gasteiger partial charge is 0.456 e. The second-order valence-corrected chi connectivity index (χ2v) is 12.2. The van der Waals surface area contributed by atoms with Gasteiger partial charge in [0.2, 0.25) is 0 Å². The standard InChI is InChI=1S/C46H31NO/c1-2-12-32(13-3-1)34-26-28-38(29-27-34)47(39-17-10-16-36(31-39)37-25-24-33-14-4-5-15-35(33)30-37)43-21-8-6-18-40(43)41-20-11-23-45-46(41)42-19-7-9-22-44(42)48-45/h1-31H. The number of fused-ring (bicyclic) bond motifs is 4. The molecule has 0 saturated carbocycles. The summed E-state index contributed by atoms with van der Waals surface area (Å²) in [5.41, 5.74) is 12.1. The van der Waals surface area contributed by atoms with Gasteiger partial charge in [-0.3, -0.25) is 0 Å². The molecule has 0 aliphatic heterocycles. The molecule has 0 saturated heterocycles. The number of hydrogen-bond acceptors (Lipinski definition) is 2. The van der Waals surface area contributed by atoms with Gasteiger partial charge in [0, 0.05) is 27.7 Å². The molecule has 0 bridgehead atoms. The molecule has 48 heavy (non-hydrogen) atoms. The van der Waals surface area contributed by atoms with Crippen LogP contribution in [0.4, 0.5) is 17.1 Å². The zero-order valence-electron chi connectivity index (χ0n) is 26.3. The lowest BCUT2D eigenvalue weighted by molar-refractivity contribution is 0.669. The SMILES string of the molecule is c1ccc(-c2ccc(N(c3cccc(-c4ccc5ccccc5c4)c3)c3ccccc3-c3cccc4oc5ccccc5c34)cc2)cc1. The van der Waals surface area contributed by atoms with E-state index in [4.69, 9.17) is 4.42 Å². The first-order valence-corrected chi connectivity index (χ1v) is 16.3. The topological polar surface area (TPSA) is 16.4 Å². The first-order valence-electron chi connectivity index (χ1n) is 16.3. The van der Waals surface area contributed by atoms with Crippen LogP contribution in [-0.4, -0.2) is 0 Å². The van der Waals surface area contributed by atoms with Crippen LogP contribution in [0.25, 0.3) is 66.1 Å². The normalized spacial score (nSPS) is 11.3. The number of furan rings is 1. The van der Waals surface area contributed by atoms with Crippen molar-refractivity contribution in [2.24, 2.45) is 0 Å². The summed E-state index contributed by atoms with van der Waals surface area (Å²) in [4.78, 5) is 2.38. The average Bonchev–Trinajstić information content (AvgIpc) is 3.55. The molecule has 8 aromatic carbocycles. The Morgan fingerprint density at radius 3 is 1.88 bits per heavy atom. The minimum absolute atomic E-state index is 0.889. The number of para-hydroxylation sites is 2. The summed E-state index contributed by atoms with van der Waals surface area (Å²) >= 11 is 0. The van der Waals surface area contributed by atoms with Crippen molar-refractivity contribution >= 4 is 49.8 Å². The van der Waals surface area contributed by atoms with Gasteiger partial charge in [0.1, 0.15) is 11.2 Å². The van der Waals surface area contributed by atoms with E-state index in [0.717, 1.165) is 50.1 Å². The van der Waals surface area contributed by atoms with Crippen LogP contribution in [0, 0.1) is 0 Å². The highest BCUT2D eigenvalue weighted by Gasteiger charge is 2.20. The van der Waals surface area contributed by atoms with Crippen LogP contribution in [0.2, 0.25) is 0 Å². The van der Waals surface area contributed by atoms with Gasteiger partial charge in [0.15, 0.2) is 0 Å². The Morgan fingerprint density at radius 2 is 0.979 bits per heavy atom. The van der Waals surface area contributed by atoms with Crippen molar-refractivity contribution < 1.29 is 4.42 Å². The van der Waals surface area contributed by atoms with E-state index < -0.39 is 0 Å². The van der Waals surface area contributed by atoms with Crippen LogP contribution >= 0.6 is 0 Å². The molecule has 2 heteroatoms. The minimum Gasteiger partial charge on any atom is -0.456 e. The Balaban J connectivity index is 1.24. The Morgan fingerprint density at radius 1 is 0.354 bits per heavy atom. The van der Waals surface area contributed by atoms with Crippen molar-refractivity contribution in [3.8, 4) is 33.4 Å². The van der Waals surface area contributed by atoms with E-state index in [2.05, 4.69) is 181 Å². The predicted octanol–water partition coefficient (Wildman–Crippen LogP) is 13.2. The molecule has 0 radical (unpaired) electrons. The zero-order valence-corrected chi connectivity index (χ0v) is 26.3. The Labute approximate surface area is 279 Å². The summed E-state index contributed by atoms with van der Waals surface area (Å²) in [6, 6.07) is 67.0. The highest BCUT2D eigenvalue weighted by atomic mass is 16.3. The fraction of sp³-hybridized carbons (Fsp3) is 0. The van der Waals surface area contributed by atoms with Crippen LogP contribution in [-0.2, 0) is 0 Å². The fourth-order valence-corrected chi connectivity index (χ4v) is 6.95. The van der Waals surface area contributed by atoms with Gasteiger partial charge in [0.25, 0.3) is 0 Å². The lowest BCUT2D eigenvalue weighted by atomic mass is 9.96. The molecule has 1 aromatic heterocycles. The summed E-state index contributed by atoms with van der Waals surface area (Å²) in [5, 5.41) is 4.73. The predicted molar refractivity (Wildman–Crippen MR) is 202 cm³/mol. The van der Waals surface area contributed by atoms with E-state index in [1.165, 1.54) is 33.0 Å². The molecule has 0 amide bonds. The second kappa shape index (κ2) is 11.8. The molecule has 9 rings (SSSR count). The van der Waals surface area contributed by atoms with Crippen LogP contribution in [0.1, 0.15) is 0 Å². The molecular weight excluding hydrogens is 583 g/mol. The number of hydrogen-bond donors (Lipinski definition) is 0. The molecule has 9 aromatic rings. The third kappa shape index (κ3) is 4.92. The summed E-state index contributed by atoms with van der Waals surface area (Å²) in [5.74, 6) is 0. The average molecular weight is 614 g/mol. The number of benzene rings is 8. The Hall–Kier alpha value is -6.38. The lowest BCUT2D eigenvalue weighted by Gasteiger charge is -2.28. The second-order valence-electron chi connectivity index (χ2n) is 12.2. The molecular formula is C46H31NO. The van der Waals surface area contributed by atoms with Crippen molar-refractivity contribution in [3.63, 3.8) is 0 Å². The molecule has 1 heterocycles. The first-order chi connectivity index (χ1) is 23.8. The van der Waals surface area contributed by atoms with Crippen molar-refractivity contribution in [1.29, 1.82) is 0 Å². The van der Waals surface area contributed by atoms with Gasteiger partial charge in [-0.05, 0) is 87.1 Å². The van der Waals surface area contributed by atoms with Crippen LogP contribution in [0.5, 0.6) is 0 Å². The van der Waals surface area contributed by atoms with Crippen molar-refractivity contribution in [2.45, 2.75) is 0 Å². The van der Waals surface area contributed by atoms with Crippen molar-refractivity contribution in [2.75, 3.05) is 4.90 Å². The maximum absolute atomic E-state index is 6.32. The molecule has 2 nitrogen and oxygen atoms in total. The molecule has 0 atom stereocenters. The summed E-state index contributed by atoms with van der Waals surface area (Å²) in [6.07, 6.45) is 0. The van der Waals surface area contributed by atoms with Crippen LogP contribution in [0.3, 0.4) is 0 Å². The van der Waals surface area contributed by atoms with Gasteiger partial charge >= 0.3 is 0 Å². The molecule has 0 fully saturated rings. The summed E-state index contributed by atoms with van der Waals surface area (Å²) in [7, 11) is 0. The molecule has 0 unspecified atom stereocenters. The van der Waals surface area contributed by atoms with Gasteiger partial charge in [-0.15, -0.1) is 0 Å². The number of anilines is 3. The minimum atomic E-state index is 0.889. The molecule has 226 valence electrons. The Bertz CT molecular complexity index is 2560. The van der Waals surface area contributed by atoms with E-state index in [0.29, 0.717) is 0 Å². The number of rotatable bonds is 6. The summed E-state index contributed by atoms with van der Waals surface area (Å²) < 4.78 is 6.32. The third-order valence-corrected chi connectivity index (χ3v) is 9.26. The van der Waals surface area contributed by atoms with E-state index in [1.54, 1.807) is 0 Å². The maximum Gasteiger partial charge on any atom is 0.136 e. The molecule has 0 aliphatic rings. The van der Waals surface area contributed by atoms with E-state index in [1.807, 2.05) is 12.1 Å². The van der Waals surface area contributed by atoms with Gasteiger partial charge in [-0.25, -0.2) is 0 Å². The van der Waals surface area contributed by atoms with E-state index in [-0.39, 0.29) is 0 Å². The fourth-order valence-electron chi connectivity index (χ4n) is 6.95. The van der Waals surface area contributed by atoms with Crippen LogP contribution in [0.15, 0.2) is 192 Å². The van der Waals surface area contributed by atoms with Gasteiger partial charge in [-0.1, -0.05) is 140 Å². The van der Waals surface area contributed by atoms with Crippen molar-refractivity contribution in [3.05, 3.63) is 188 Å². The highest BCUT2D eigenvalue weighted by Crippen LogP contribution is 2.45. The number of nitrogens with zero attached hydrogens (tertiary/aromatic N) is 1. The third-order valence-electron chi connectivity index (χ3n) is 9.26. The molecule has 0 aliphatic carbocycles. The smallest absolute Gasteiger partial charge is 0.136 e. The van der Waals surface area contributed by atoms with Gasteiger partial charge in [0.05, 0.1) is 5.69 Å². The lowest BCUT2D eigenvalue weighted by Crippen LogP contribution is -2.11.